The van der Waals surface area contributed by atoms with Gasteiger partial charge in [-0.15, -0.1) is 10.2 Å². The Balaban J connectivity index is 1.74. The number of aldehydes is 1. The molecule has 2 aromatic carbocycles. The molecule has 24 heavy (non-hydrogen) atoms. The molecular weight excluding hydrogens is 376 g/mol. The Morgan fingerprint density at radius 1 is 1.17 bits per heavy atom. The number of hydrogen-bond acceptors (Lipinski definition) is 6. The molecule has 0 amide bonds. The van der Waals surface area contributed by atoms with E-state index in [1.54, 1.807) is 18.2 Å². The number of ether oxygens (including phenoxy) is 2. The van der Waals surface area contributed by atoms with Gasteiger partial charge < -0.3 is 13.9 Å². The Labute approximate surface area is 146 Å². The first-order chi connectivity index (χ1) is 11.7. The van der Waals surface area contributed by atoms with Gasteiger partial charge in [0.2, 0.25) is 5.89 Å². The molecule has 0 fully saturated rings. The number of methoxy groups -OCH3 is 1. The molecular formula is C17H13BrN2O4. The van der Waals surface area contributed by atoms with Crippen LogP contribution in [0.4, 0.5) is 0 Å². The molecule has 0 aliphatic rings. The minimum atomic E-state index is 0.0915. The molecule has 0 atom stereocenters. The Kier molecular flexibility index (Phi) is 4.90. The molecule has 7 heteroatoms. The van der Waals surface area contributed by atoms with E-state index in [-0.39, 0.29) is 6.61 Å². The molecule has 0 aliphatic carbocycles. The van der Waals surface area contributed by atoms with Gasteiger partial charge >= 0.3 is 0 Å². The summed E-state index contributed by atoms with van der Waals surface area (Å²) in [4.78, 5) is 10.8. The van der Waals surface area contributed by atoms with E-state index in [2.05, 4.69) is 26.1 Å². The van der Waals surface area contributed by atoms with Gasteiger partial charge in [0.15, 0.2) is 18.1 Å². The van der Waals surface area contributed by atoms with Crippen LogP contribution in [0.3, 0.4) is 0 Å². The maximum Gasteiger partial charge on any atom is 0.254 e. The van der Waals surface area contributed by atoms with Crippen molar-refractivity contribution in [3.8, 4) is 23.0 Å². The zero-order valence-corrected chi connectivity index (χ0v) is 14.3. The summed E-state index contributed by atoms with van der Waals surface area (Å²) in [6, 6.07) is 12.5. The lowest BCUT2D eigenvalue weighted by atomic mass is 10.2. The molecule has 0 radical (unpaired) electrons. The third-order valence-electron chi connectivity index (χ3n) is 3.25. The summed E-state index contributed by atoms with van der Waals surface area (Å²) in [5, 5.41) is 8.00. The van der Waals surface area contributed by atoms with Gasteiger partial charge in [-0.3, -0.25) is 4.79 Å². The summed E-state index contributed by atoms with van der Waals surface area (Å²) < 4.78 is 17.3. The Bertz CT molecular complexity index is 863. The standard InChI is InChI=1S/C17H13BrN2O4/c1-22-15-8-11(9-21)6-7-14(15)23-10-16-19-20-17(24-16)12-4-2-3-5-13(12)18/h2-9H,10H2,1H3. The van der Waals surface area contributed by atoms with Gasteiger partial charge in [-0.05, 0) is 46.3 Å². The summed E-state index contributed by atoms with van der Waals surface area (Å²) >= 11 is 3.45. The van der Waals surface area contributed by atoms with E-state index in [0.29, 0.717) is 28.8 Å². The number of rotatable bonds is 6. The van der Waals surface area contributed by atoms with Crippen molar-refractivity contribution in [1.29, 1.82) is 0 Å². The van der Waals surface area contributed by atoms with Gasteiger partial charge in [0, 0.05) is 10.0 Å². The zero-order chi connectivity index (χ0) is 16.9. The number of carbonyl (C=O) groups excluding carboxylic acids is 1. The summed E-state index contributed by atoms with van der Waals surface area (Å²) in [5.74, 6) is 1.69. The number of hydrogen-bond donors (Lipinski definition) is 0. The van der Waals surface area contributed by atoms with Crippen molar-refractivity contribution < 1.29 is 18.7 Å². The molecule has 0 aliphatic heterocycles. The smallest absolute Gasteiger partial charge is 0.254 e. The van der Waals surface area contributed by atoms with Crippen LogP contribution in [0.25, 0.3) is 11.5 Å². The van der Waals surface area contributed by atoms with E-state index >= 15 is 0 Å². The van der Waals surface area contributed by atoms with E-state index < -0.39 is 0 Å². The summed E-state index contributed by atoms with van der Waals surface area (Å²) in [5.41, 5.74) is 1.32. The average Bonchev–Trinajstić information content (AvgIpc) is 3.09. The lowest BCUT2D eigenvalue weighted by Gasteiger charge is -2.09. The number of carbonyl (C=O) groups is 1. The molecule has 3 aromatic rings. The third-order valence-corrected chi connectivity index (χ3v) is 3.94. The van der Waals surface area contributed by atoms with Gasteiger partial charge in [-0.25, -0.2) is 0 Å². The van der Waals surface area contributed by atoms with Crippen molar-refractivity contribution >= 4 is 22.2 Å². The largest absolute Gasteiger partial charge is 0.493 e. The number of aromatic nitrogens is 2. The first-order valence-electron chi connectivity index (χ1n) is 7.04. The maximum absolute atomic E-state index is 10.8. The molecule has 0 bridgehead atoms. The molecule has 0 saturated heterocycles. The van der Waals surface area contributed by atoms with Crippen LogP contribution in [0.5, 0.6) is 11.5 Å². The van der Waals surface area contributed by atoms with Crippen LogP contribution in [0.2, 0.25) is 0 Å². The maximum atomic E-state index is 10.8. The van der Waals surface area contributed by atoms with Crippen molar-refractivity contribution in [3.63, 3.8) is 0 Å². The first-order valence-corrected chi connectivity index (χ1v) is 7.84. The molecule has 3 rings (SSSR count). The molecule has 0 unspecified atom stereocenters. The van der Waals surface area contributed by atoms with Crippen LogP contribution in [-0.2, 0) is 6.61 Å². The van der Waals surface area contributed by atoms with E-state index in [4.69, 9.17) is 13.9 Å². The van der Waals surface area contributed by atoms with Crippen molar-refractivity contribution in [3.05, 3.63) is 58.4 Å². The van der Waals surface area contributed by atoms with Crippen LogP contribution in [0, 0.1) is 0 Å². The molecule has 1 heterocycles. The topological polar surface area (TPSA) is 74.5 Å². The highest BCUT2D eigenvalue weighted by Crippen LogP contribution is 2.29. The number of benzene rings is 2. The van der Waals surface area contributed by atoms with E-state index in [9.17, 15) is 4.79 Å². The molecule has 0 saturated carbocycles. The highest BCUT2D eigenvalue weighted by molar-refractivity contribution is 9.10. The minimum Gasteiger partial charge on any atom is -0.493 e. The van der Waals surface area contributed by atoms with Crippen LogP contribution in [0.1, 0.15) is 16.2 Å². The van der Waals surface area contributed by atoms with Crippen LogP contribution in [0.15, 0.2) is 51.4 Å². The lowest BCUT2D eigenvalue weighted by molar-refractivity contribution is 0.112. The van der Waals surface area contributed by atoms with Crippen molar-refractivity contribution in [2.45, 2.75) is 6.61 Å². The number of halogens is 1. The Morgan fingerprint density at radius 3 is 2.75 bits per heavy atom. The summed E-state index contributed by atoms with van der Waals surface area (Å²) in [7, 11) is 1.51. The fourth-order valence-electron chi connectivity index (χ4n) is 2.07. The van der Waals surface area contributed by atoms with Crippen molar-refractivity contribution in [2.24, 2.45) is 0 Å². The quantitative estimate of drug-likeness (QED) is 0.596. The molecule has 0 N–H and O–H groups in total. The monoisotopic (exact) mass is 388 g/mol. The van der Waals surface area contributed by atoms with Gasteiger partial charge in [-0.1, -0.05) is 12.1 Å². The number of nitrogens with zero attached hydrogens (tertiary/aromatic N) is 2. The second-order valence-electron chi connectivity index (χ2n) is 4.80. The lowest BCUT2D eigenvalue weighted by Crippen LogP contribution is -1.98. The van der Waals surface area contributed by atoms with Gasteiger partial charge in [0.25, 0.3) is 5.89 Å². The van der Waals surface area contributed by atoms with Gasteiger partial charge in [0.1, 0.15) is 6.29 Å². The van der Waals surface area contributed by atoms with Crippen molar-refractivity contribution in [2.75, 3.05) is 7.11 Å². The van der Waals surface area contributed by atoms with Crippen LogP contribution >= 0.6 is 15.9 Å². The van der Waals surface area contributed by atoms with E-state index in [1.165, 1.54) is 7.11 Å². The van der Waals surface area contributed by atoms with Crippen LogP contribution < -0.4 is 9.47 Å². The third kappa shape index (κ3) is 3.46. The SMILES string of the molecule is COc1cc(C=O)ccc1OCc1nnc(-c2ccccc2Br)o1. The second-order valence-corrected chi connectivity index (χ2v) is 5.65. The van der Waals surface area contributed by atoms with Gasteiger partial charge in [0.05, 0.1) is 12.7 Å². The highest BCUT2D eigenvalue weighted by Gasteiger charge is 2.13. The normalized spacial score (nSPS) is 10.4. The predicted octanol–water partition coefficient (Wildman–Crippen LogP) is 3.90. The van der Waals surface area contributed by atoms with Crippen molar-refractivity contribution in [1.82, 2.24) is 10.2 Å². The van der Waals surface area contributed by atoms with Gasteiger partial charge in [-0.2, -0.15) is 0 Å². The average molecular weight is 389 g/mol. The summed E-state index contributed by atoms with van der Waals surface area (Å²) in [6.07, 6.45) is 0.744. The molecule has 0 spiro atoms. The Hall–Kier alpha value is -2.67. The van der Waals surface area contributed by atoms with E-state index in [0.717, 1.165) is 16.3 Å². The fraction of sp³-hybridized carbons (Fsp3) is 0.118. The Morgan fingerprint density at radius 2 is 2.00 bits per heavy atom. The molecule has 1 aromatic heterocycles. The minimum absolute atomic E-state index is 0.0915. The second kappa shape index (κ2) is 7.27. The molecule has 122 valence electrons. The van der Waals surface area contributed by atoms with E-state index in [1.807, 2.05) is 24.3 Å². The van der Waals surface area contributed by atoms with Crippen LogP contribution in [-0.4, -0.2) is 23.6 Å². The molecule has 6 nitrogen and oxygen atoms in total. The zero-order valence-electron chi connectivity index (χ0n) is 12.7. The predicted molar refractivity (Wildman–Crippen MR) is 90.1 cm³/mol. The fourth-order valence-corrected chi connectivity index (χ4v) is 2.53. The highest BCUT2D eigenvalue weighted by atomic mass is 79.9. The first kappa shape index (κ1) is 16.2. The summed E-state index contributed by atoms with van der Waals surface area (Å²) in [6.45, 7) is 0.0915.